The lowest BCUT2D eigenvalue weighted by atomic mass is 10.2. The van der Waals surface area contributed by atoms with E-state index in [-0.39, 0.29) is 11.0 Å². The van der Waals surface area contributed by atoms with E-state index in [4.69, 9.17) is 21.7 Å². The molecule has 2 aromatic rings. The second kappa shape index (κ2) is 9.03. The summed E-state index contributed by atoms with van der Waals surface area (Å²) in [6, 6.07) is 14.4. The molecular weight excluding hydrogens is 336 g/mol. The van der Waals surface area contributed by atoms with Crippen LogP contribution in [0.3, 0.4) is 0 Å². The molecule has 25 heavy (non-hydrogen) atoms. The average molecular weight is 358 g/mol. The number of carbonyl (C=O) groups is 1. The first-order valence-corrected chi connectivity index (χ1v) is 8.39. The van der Waals surface area contributed by atoms with Gasteiger partial charge >= 0.3 is 0 Å². The topological polar surface area (TPSA) is 59.6 Å². The highest BCUT2D eigenvalue weighted by atomic mass is 32.1. The van der Waals surface area contributed by atoms with Gasteiger partial charge < -0.3 is 14.8 Å². The molecule has 0 aliphatic heterocycles. The first-order valence-electron chi connectivity index (χ1n) is 7.98. The van der Waals surface area contributed by atoms with Crippen LogP contribution in [0.25, 0.3) is 0 Å². The number of anilines is 1. The summed E-state index contributed by atoms with van der Waals surface area (Å²) in [6.07, 6.45) is 0. The fourth-order valence-electron chi connectivity index (χ4n) is 2.11. The zero-order valence-corrected chi connectivity index (χ0v) is 15.4. The minimum Gasteiger partial charge on any atom is -0.495 e. The Morgan fingerprint density at radius 2 is 1.72 bits per heavy atom. The summed E-state index contributed by atoms with van der Waals surface area (Å²) in [5, 5.41) is 5.82. The first-order chi connectivity index (χ1) is 12.0. The van der Waals surface area contributed by atoms with E-state index in [0.29, 0.717) is 35.3 Å². The number of thiocarbonyl (C=S) groups is 1. The Bertz CT molecular complexity index is 747. The third-order valence-corrected chi connectivity index (χ3v) is 3.49. The van der Waals surface area contributed by atoms with Gasteiger partial charge in [0.15, 0.2) is 5.11 Å². The van der Waals surface area contributed by atoms with Gasteiger partial charge in [0.2, 0.25) is 0 Å². The highest BCUT2D eigenvalue weighted by molar-refractivity contribution is 7.80. The average Bonchev–Trinajstić information content (AvgIpc) is 2.60. The zero-order valence-electron chi connectivity index (χ0n) is 14.5. The van der Waals surface area contributed by atoms with Crippen LogP contribution in [0.2, 0.25) is 0 Å². The smallest absolute Gasteiger partial charge is 0.261 e. The molecule has 0 aromatic heterocycles. The van der Waals surface area contributed by atoms with Crippen LogP contribution in [0.1, 0.15) is 24.2 Å². The number of benzene rings is 2. The second-order valence-corrected chi connectivity index (χ2v) is 6.22. The van der Waals surface area contributed by atoms with Crippen molar-refractivity contribution in [2.45, 2.75) is 13.8 Å². The van der Waals surface area contributed by atoms with Crippen molar-refractivity contribution in [2.75, 3.05) is 19.0 Å². The number of hydrogen-bond acceptors (Lipinski definition) is 4. The Hall–Kier alpha value is -2.60. The molecule has 2 N–H and O–H groups in total. The molecule has 0 atom stereocenters. The molecule has 0 saturated heterocycles. The van der Waals surface area contributed by atoms with E-state index in [2.05, 4.69) is 24.5 Å². The van der Waals surface area contributed by atoms with Crippen LogP contribution in [0.4, 0.5) is 5.69 Å². The predicted octanol–water partition coefficient (Wildman–Crippen LogP) is 3.86. The lowest BCUT2D eigenvalue weighted by Crippen LogP contribution is -2.34. The Kier molecular flexibility index (Phi) is 6.77. The zero-order chi connectivity index (χ0) is 18.2. The number of ether oxygens (including phenoxy) is 2. The number of methoxy groups -OCH3 is 1. The largest absolute Gasteiger partial charge is 0.495 e. The van der Waals surface area contributed by atoms with Gasteiger partial charge in [0.25, 0.3) is 5.91 Å². The molecule has 2 rings (SSSR count). The quantitative estimate of drug-likeness (QED) is 0.768. The van der Waals surface area contributed by atoms with Gasteiger partial charge in [-0.1, -0.05) is 38.1 Å². The maximum absolute atomic E-state index is 12.5. The van der Waals surface area contributed by atoms with Gasteiger partial charge in [-0.05, 0) is 42.4 Å². The minimum absolute atomic E-state index is 0.188. The summed E-state index contributed by atoms with van der Waals surface area (Å²) in [5.41, 5.74) is 1.12. The fraction of sp³-hybridized carbons (Fsp3) is 0.263. The highest BCUT2D eigenvalue weighted by Gasteiger charge is 2.14. The summed E-state index contributed by atoms with van der Waals surface area (Å²) in [4.78, 5) is 12.5. The molecule has 0 unspecified atom stereocenters. The molecule has 0 bridgehead atoms. The van der Waals surface area contributed by atoms with Crippen molar-refractivity contribution in [2.24, 2.45) is 5.92 Å². The molecular formula is C19H22N2O3S. The minimum atomic E-state index is -0.327. The van der Waals surface area contributed by atoms with Crippen LogP contribution in [0.15, 0.2) is 48.5 Å². The van der Waals surface area contributed by atoms with Gasteiger partial charge in [-0.3, -0.25) is 10.1 Å². The fourth-order valence-corrected chi connectivity index (χ4v) is 2.31. The van der Waals surface area contributed by atoms with E-state index >= 15 is 0 Å². The number of amides is 1. The standard InChI is InChI=1S/C19H22N2O3S/c1-13(2)12-24-16-10-6-4-8-14(16)18(22)21-19(25)20-15-9-5-7-11-17(15)23-3/h4-11,13H,12H2,1-3H3,(H2,20,21,22,25). The molecule has 0 heterocycles. The molecule has 0 saturated carbocycles. The third-order valence-electron chi connectivity index (χ3n) is 3.29. The Morgan fingerprint density at radius 1 is 1.08 bits per heavy atom. The number of para-hydroxylation sites is 3. The van der Waals surface area contributed by atoms with Gasteiger partial charge in [-0.2, -0.15) is 0 Å². The summed E-state index contributed by atoms with van der Waals surface area (Å²) in [5.74, 6) is 1.21. The second-order valence-electron chi connectivity index (χ2n) is 5.81. The first kappa shape index (κ1) is 18.7. The number of nitrogens with one attached hydrogen (secondary N) is 2. The molecule has 0 fully saturated rings. The predicted molar refractivity (Wildman–Crippen MR) is 103 cm³/mol. The van der Waals surface area contributed by atoms with Crippen molar-refractivity contribution in [3.05, 3.63) is 54.1 Å². The van der Waals surface area contributed by atoms with E-state index in [9.17, 15) is 4.79 Å². The Morgan fingerprint density at radius 3 is 2.40 bits per heavy atom. The van der Waals surface area contributed by atoms with Crippen LogP contribution in [0, 0.1) is 5.92 Å². The van der Waals surface area contributed by atoms with Crippen molar-refractivity contribution in [1.29, 1.82) is 0 Å². The van der Waals surface area contributed by atoms with Gasteiger partial charge in [-0.15, -0.1) is 0 Å². The molecule has 0 aliphatic rings. The summed E-state index contributed by atoms with van der Waals surface area (Å²) >= 11 is 5.23. The number of rotatable bonds is 6. The lowest BCUT2D eigenvalue weighted by Gasteiger charge is -2.15. The van der Waals surface area contributed by atoms with Gasteiger partial charge in [0, 0.05) is 0 Å². The maximum atomic E-state index is 12.5. The molecule has 0 spiro atoms. The van der Waals surface area contributed by atoms with Crippen LogP contribution in [-0.2, 0) is 0 Å². The van der Waals surface area contributed by atoms with Crippen LogP contribution < -0.4 is 20.1 Å². The number of hydrogen-bond donors (Lipinski definition) is 2. The molecule has 2 aromatic carbocycles. The van der Waals surface area contributed by atoms with Crippen LogP contribution in [-0.4, -0.2) is 24.7 Å². The normalized spacial score (nSPS) is 10.2. The Balaban J connectivity index is 2.05. The SMILES string of the molecule is COc1ccccc1NC(=S)NC(=O)c1ccccc1OCC(C)C. The van der Waals surface area contributed by atoms with E-state index in [0.717, 1.165) is 0 Å². The van der Waals surface area contributed by atoms with Gasteiger partial charge in [0.05, 0.1) is 25.0 Å². The van der Waals surface area contributed by atoms with E-state index in [1.165, 1.54) is 0 Å². The van der Waals surface area contributed by atoms with Crippen molar-refractivity contribution < 1.29 is 14.3 Å². The molecule has 0 radical (unpaired) electrons. The van der Waals surface area contributed by atoms with Crippen LogP contribution in [0.5, 0.6) is 11.5 Å². The van der Waals surface area contributed by atoms with Crippen molar-refractivity contribution in [3.8, 4) is 11.5 Å². The van der Waals surface area contributed by atoms with Crippen molar-refractivity contribution in [3.63, 3.8) is 0 Å². The Labute approximate surface area is 153 Å². The van der Waals surface area contributed by atoms with Crippen LogP contribution >= 0.6 is 12.2 Å². The van der Waals surface area contributed by atoms with E-state index in [1.807, 2.05) is 30.3 Å². The van der Waals surface area contributed by atoms with E-state index in [1.54, 1.807) is 25.3 Å². The van der Waals surface area contributed by atoms with Gasteiger partial charge in [-0.25, -0.2) is 0 Å². The molecule has 132 valence electrons. The number of carbonyl (C=O) groups excluding carboxylic acids is 1. The van der Waals surface area contributed by atoms with Crippen molar-refractivity contribution in [1.82, 2.24) is 5.32 Å². The lowest BCUT2D eigenvalue weighted by molar-refractivity contribution is 0.0973. The summed E-state index contributed by atoms with van der Waals surface area (Å²) in [6.45, 7) is 4.64. The van der Waals surface area contributed by atoms with E-state index < -0.39 is 0 Å². The molecule has 5 nitrogen and oxygen atoms in total. The maximum Gasteiger partial charge on any atom is 0.261 e. The van der Waals surface area contributed by atoms with Crippen molar-refractivity contribution >= 4 is 28.9 Å². The monoisotopic (exact) mass is 358 g/mol. The molecule has 1 amide bonds. The van der Waals surface area contributed by atoms with Gasteiger partial charge in [0.1, 0.15) is 11.5 Å². The summed E-state index contributed by atoms with van der Waals surface area (Å²) < 4.78 is 11.0. The molecule has 0 aliphatic carbocycles. The third kappa shape index (κ3) is 5.46. The molecule has 6 heteroatoms. The highest BCUT2D eigenvalue weighted by Crippen LogP contribution is 2.23. The summed E-state index contributed by atoms with van der Waals surface area (Å²) in [7, 11) is 1.57.